The highest BCUT2D eigenvalue weighted by Gasteiger charge is 2.31. The summed E-state index contributed by atoms with van der Waals surface area (Å²) < 4.78 is 43.7. The van der Waals surface area contributed by atoms with Crippen molar-refractivity contribution in [1.29, 1.82) is 0 Å². The van der Waals surface area contributed by atoms with E-state index < -0.39 is 17.7 Å². The molecule has 3 N–H and O–H groups in total. The van der Waals surface area contributed by atoms with Crippen LogP contribution in [0.15, 0.2) is 78.9 Å². The number of benzene rings is 3. The molecule has 4 aromatic rings. The van der Waals surface area contributed by atoms with E-state index >= 15 is 0 Å². The fourth-order valence-electron chi connectivity index (χ4n) is 5.51. The highest BCUT2D eigenvalue weighted by atomic mass is 19.4. The minimum atomic E-state index is -4.39. The van der Waals surface area contributed by atoms with Crippen LogP contribution in [-0.4, -0.2) is 47.1 Å². The average Bonchev–Trinajstić information content (AvgIpc) is 3.39. The number of amides is 2. The minimum absolute atomic E-state index is 0.139. The van der Waals surface area contributed by atoms with E-state index in [2.05, 4.69) is 20.5 Å². The summed E-state index contributed by atoms with van der Waals surface area (Å²) in [6.07, 6.45) is -2.77. The van der Waals surface area contributed by atoms with Crippen LogP contribution in [0.1, 0.15) is 51.8 Å². The number of hydrogen-bond donors (Lipinski definition) is 3. The van der Waals surface area contributed by atoms with Gasteiger partial charge in [-0.15, -0.1) is 0 Å². The first-order valence-corrected chi connectivity index (χ1v) is 14.4. The molecule has 1 aliphatic rings. The zero-order valence-corrected chi connectivity index (χ0v) is 24.4. The zero-order chi connectivity index (χ0) is 31.3. The molecule has 0 saturated carbocycles. The molecule has 0 spiro atoms. The number of aromatic amines is 1. The van der Waals surface area contributed by atoms with Crippen LogP contribution in [0.2, 0.25) is 0 Å². The van der Waals surface area contributed by atoms with E-state index in [-0.39, 0.29) is 18.0 Å². The Morgan fingerprint density at radius 1 is 1.00 bits per heavy atom. The summed E-state index contributed by atoms with van der Waals surface area (Å²) in [5, 5.41) is 6.04. The number of methoxy groups -OCH3 is 1. The van der Waals surface area contributed by atoms with Gasteiger partial charge in [-0.25, -0.2) is 14.6 Å². The largest absolute Gasteiger partial charge is 0.465 e. The fourth-order valence-corrected chi connectivity index (χ4v) is 5.51. The summed E-state index contributed by atoms with van der Waals surface area (Å²) in [4.78, 5) is 35.2. The summed E-state index contributed by atoms with van der Waals surface area (Å²) in [5.41, 5.74) is 3.61. The summed E-state index contributed by atoms with van der Waals surface area (Å²) in [6, 6.07) is 20.7. The van der Waals surface area contributed by atoms with Gasteiger partial charge < -0.3 is 20.4 Å². The Kier molecular flexibility index (Phi) is 9.34. The molecule has 1 aromatic heterocycles. The number of nitrogens with zero attached hydrogens (tertiary/aromatic N) is 2. The first-order chi connectivity index (χ1) is 21.1. The fraction of sp³-hybridized carbons (Fsp3) is 0.303. The van der Waals surface area contributed by atoms with Gasteiger partial charge in [-0.05, 0) is 80.7 Å². The topological polar surface area (TPSA) is 99.3 Å². The summed E-state index contributed by atoms with van der Waals surface area (Å²) in [7, 11) is 1.34. The second kappa shape index (κ2) is 13.3. The number of carbonyl (C=O) groups excluding carboxylic acids is 2. The number of nitrogens with one attached hydrogen (secondary N) is 3. The Morgan fingerprint density at radius 3 is 2.27 bits per heavy atom. The van der Waals surface area contributed by atoms with Crippen LogP contribution in [-0.2, 0) is 17.5 Å². The zero-order valence-electron chi connectivity index (χ0n) is 24.4. The number of carbonyl (C=O) groups is 2. The number of ether oxygens (including phenoxy) is 1. The van der Waals surface area contributed by atoms with Crippen LogP contribution in [0.4, 0.5) is 23.7 Å². The molecular formula is C33H34F3N5O3. The van der Waals surface area contributed by atoms with Crippen molar-refractivity contribution >= 4 is 17.7 Å². The third-order valence-electron chi connectivity index (χ3n) is 7.96. The monoisotopic (exact) mass is 605 g/mol. The molecule has 1 aliphatic heterocycles. The third-order valence-corrected chi connectivity index (χ3v) is 7.96. The van der Waals surface area contributed by atoms with E-state index in [9.17, 15) is 22.8 Å². The van der Waals surface area contributed by atoms with Crippen molar-refractivity contribution in [2.45, 2.75) is 38.5 Å². The van der Waals surface area contributed by atoms with Crippen LogP contribution in [0.3, 0.4) is 0 Å². The van der Waals surface area contributed by atoms with E-state index in [0.29, 0.717) is 29.2 Å². The number of urea groups is 1. The number of hydrogen-bond acceptors (Lipinski definition) is 5. The normalized spacial score (nSPS) is 15.0. The van der Waals surface area contributed by atoms with Gasteiger partial charge in [0.05, 0.1) is 30.0 Å². The molecule has 2 heterocycles. The lowest BCUT2D eigenvalue weighted by molar-refractivity contribution is -0.137. The van der Waals surface area contributed by atoms with Gasteiger partial charge in [-0.3, -0.25) is 4.90 Å². The first-order valence-electron chi connectivity index (χ1n) is 14.4. The van der Waals surface area contributed by atoms with Crippen molar-refractivity contribution < 1.29 is 27.5 Å². The molecule has 1 unspecified atom stereocenters. The predicted octanol–water partition coefficient (Wildman–Crippen LogP) is 6.97. The number of likely N-dealkylation sites (tertiary alicyclic amines) is 1. The highest BCUT2D eigenvalue weighted by Crippen LogP contribution is 2.33. The molecule has 230 valence electrons. The van der Waals surface area contributed by atoms with E-state index in [1.54, 1.807) is 12.1 Å². The number of alkyl halides is 3. The number of aromatic nitrogens is 2. The molecule has 3 aromatic carbocycles. The van der Waals surface area contributed by atoms with Crippen molar-refractivity contribution in [3.63, 3.8) is 0 Å². The molecule has 11 heteroatoms. The maximum absolute atomic E-state index is 13.0. The van der Waals surface area contributed by atoms with Crippen molar-refractivity contribution in [3.05, 3.63) is 107 Å². The van der Waals surface area contributed by atoms with E-state index in [1.807, 2.05) is 49.4 Å². The Morgan fingerprint density at radius 2 is 1.66 bits per heavy atom. The van der Waals surface area contributed by atoms with Gasteiger partial charge in [0.25, 0.3) is 0 Å². The molecular weight excluding hydrogens is 571 g/mol. The maximum Gasteiger partial charge on any atom is 0.416 e. The lowest BCUT2D eigenvalue weighted by atomic mass is 9.85. The molecule has 0 aliphatic carbocycles. The van der Waals surface area contributed by atoms with Gasteiger partial charge in [0, 0.05) is 23.5 Å². The number of imidazole rings is 1. The minimum Gasteiger partial charge on any atom is -0.465 e. The Hall–Kier alpha value is -4.64. The van der Waals surface area contributed by atoms with Gasteiger partial charge in [-0.2, -0.15) is 13.2 Å². The quantitative estimate of drug-likeness (QED) is 0.189. The van der Waals surface area contributed by atoms with Crippen molar-refractivity contribution in [2.24, 2.45) is 5.92 Å². The Labute approximate surface area is 253 Å². The van der Waals surface area contributed by atoms with E-state index in [4.69, 9.17) is 9.72 Å². The molecule has 1 atom stereocenters. The molecule has 1 saturated heterocycles. The second-order valence-corrected chi connectivity index (χ2v) is 10.9. The SMILES string of the molecule is COC(=O)c1ccc(C(NC(=O)Nc2ccccc2)C2CCN(Cc3nc(-c4ccc(C(F)(F)F)cc4)[nH]c3C)CC2)cc1. The first kappa shape index (κ1) is 30.8. The number of H-pyrrole nitrogens is 1. The molecule has 1 fully saturated rings. The highest BCUT2D eigenvalue weighted by molar-refractivity contribution is 5.90. The lowest BCUT2D eigenvalue weighted by Gasteiger charge is -2.36. The summed E-state index contributed by atoms with van der Waals surface area (Å²) >= 11 is 0. The predicted molar refractivity (Wildman–Crippen MR) is 161 cm³/mol. The van der Waals surface area contributed by atoms with Crippen molar-refractivity contribution in [1.82, 2.24) is 20.2 Å². The third kappa shape index (κ3) is 7.46. The number of para-hydroxylation sites is 1. The summed E-state index contributed by atoms with van der Waals surface area (Å²) in [6.45, 7) is 4.04. The number of anilines is 1. The lowest BCUT2D eigenvalue weighted by Crippen LogP contribution is -2.41. The standard InChI is InChI=1S/C33H34F3N5O3/c1-21-28(39-30(37-21)24-12-14-26(15-13-24)33(34,35)36)20-41-18-16-23(17-19-41)29(22-8-10-25(11-9-22)31(42)44-2)40-32(43)38-27-6-4-3-5-7-27/h3-15,23,29H,16-20H2,1-2H3,(H,37,39)(H2,38,40,43). The molecule has 2 amide bonds. The smallest absolute Gasteiger partial charge is 0.416 e. The Balaban J connectivity index is 1.25. The van der Waals surface area contributed by atoms with Crippen LogP contribution in [0.5, 0.6) is 0 Å². The van der Waals surface area contributed by atoms with Crippen LogP contribution in [0.25, 0.3) is 11.4 Å². The van der Waals surface area contributed by atoms with Crippen LogP contribution in [0, 0.1) is 12.8 Å². The Bertz CT molecular complexity index is 1560. The molecule has 8 nitrogen and oxygen atoms in total. The van der Waals surface area contributed by atoms with E-state index in [0.717, 1.165) is 55.0 Å². The molecule has 5 rings (SSSR count). The van der Waals surface area contributed by atoms with Gasteiger partial charge >= 0.3 is 18.2 Å². The van der Waals surface area contributed by atoms with Gasteiger partial charge in [0.1, 0.15) is 5.82 Å². The molecule has 0 radical (unpaired) electrons. The van der Waals surface area contributed by atoms with Crippen molar-refractivity contribution in [2.75, 3.05) is 25.5 Å². The number of aryl methyl sites for hydroxylation is 1. The van der Waals surface area contributed by atoms with Crippen molar-refractivity contribution in [3.8, 4) is 11.4 Å². The molecule has 44 heavy (non-hydrogen) atoms. The number of rotatable bonds is 8. The number of piperidine rings is 1. The van der Waals surface area contributed by atoms with Crippen LogP contribution >= 0.6 is 0 Å². The number of esters is 1. The summed E-state index contributed by atoms with van der Waals surface area (Å²) in [5.74, 6) is 0.247. The second-order valence-electron chi connectivity index (χ2n) is 10.9. The maximum atomic E-state index is 13.0. The van der Waals surface area contributed by atoms with Crippen LogP contribution < -0.4 is 10.6 Å². The van der Waals surface area contributed by atoms with E-state index in [1.165, 1.54) is 19.2 Å². The van der Waals surface area contributed by atoms with Gasteiger partial charge in [0.15, 0.2) is 0 Å². The molecule has 0 bridgehead atoms. The average molecular weight is 606 g/mol. The van der Waals surface area contributed by atoms with Gasteiger partial charge in [-0.1, -0.05) is 42.5 Å². The number of halogens is 3. The van der Waals surface area contributed by atoms with Gasteiger partial charge in [0.2, 0.25) is 0 Å².